The van der Waals surface area contributed by atoms with Gasteiger partial charge < -0.3 is 0 Å². The van der Waals surface area contributed by atoms with Gasteiger partial charge in [-0.05, 0) is 0 Å². The summed E-state index contributed by atoms with van der Waals surface area (Å²) in [5, 5.41) is 0. The van der Waals surface area contributed by atoms with E-state index in [-0.39, 0.29) is 6.17 Å². The van der Waals surface area contributed by atoms with E-state index >= 15 is 0 Å². The van der Waals surface area contributed by atoms with Crippen LogP contribution in [0.1, 0.15) is 89.9 Å². The molecule has 2 heteroatoms. The summed E-state index contributed by atoms with van der Waals surface area (Å²) in [5.74, 6) is 1.07. The van der Waals surface area contributed by atoms with Crippen LogP contribution in [-0.2, 0) is 0 Å². The summed E-state index contributed by atoms with van der Waals surface area (Å²) in [5.41, 5.74) is 1.08. The van der Waals surface area contributed by atoms with Gasteiger partial charge in [0.1, 0.15) is 0 Å². The van der Waals surface area contributed by atoms with Gasteiger partial charge in [0.2, 0.25) is 0 Å². The van der Waals surface area contributed by atoms with Gasteiger partial charge in [0.25, 0.3) is 0 Å². The molecule has 0 nitrogen and oxygen atoms in total. The van der Waals surface area contributed by atoms with E-state index in [1.807, 2.05) is 0 Å². The molecule has 1 saturated carbocycles. The molecule has 0 aromatic rings. The van der Waals surface area contributed by atoms with Crippen LogP contribution in [0, 0.1) is 5.92 Å². The van der Waals surface area contributed by atoms with Crippen molar-refractivity contribution in [2.75, 3.05) is 6.16 Å². The molecule has 0 spiro atoms. The van der Waals surface area contributed by atoms with Gasteiger partial charge in [-0.25, -0.2) is 0 Å². The van der Waals surface area contributed by atoms with Crippen LogP contribution in [0.4, 0.5) is 0 Å². The molecular formula is C17H32PSe+. The van der Waals surface area contributed by atoms with Gasteiger partial charge in [-0.3, -0.25) is 0 Å². The third-order valence-electron chi connectivity index (χ3n) is 5.19. The Bertz CT molecular complexity index is 254. The summed E-state index contributed by atoms with van der Waals surface area (Å²) in [6, 6.07) is 0. The molecule has 2 atom stereocenters. The van der Waals surface area contributed by atoms with E-state index in [2.05, 4.69) is 15.1 Å². The normalized spacial score (nSPS) is 31.4. The first kappa shape index (κ1) is 16.2. The molecule has 2 unspecified atom stereocenters. The summed E-state index contributed by atoms with van der Waals surface area (Å²) in [7, 11) is 0. The van der Waals surface area contributed by atoms with Gasteiger partial charge in [-0.15, -0.1) is 0 Å². The van der Waals surface area contributed by atoms with Crippen molar-refractivity contribution in [2.24, 2.45) is 5.92 Å². The SMILES string of the molecule is [Se]=[P+]1CCCCCCCC1C1CCCCCCCC1. The average molecular weight is 346 g/mol. The minimum atomic E-state index is 0.207. The second kappa shape index (κ2) is 9.70. The van der Waals surface area contributed by atoms with Crippen LogP contribution in [-0.4, -0.2) is 26.9 Å². The van der Waals surface area contributed by atoms with Crippen LogP contribution in [0.5, 0.6) is 0 Å². The summed E-state index contributed by atoms with van der Waals surface area (Å²) < 4.78 is 0. The first-order valence-corrected chi connectivity index (χ1v) is 12.6. The Morgan fingerprint density at radius 2 is 1.05 bits per heavy atom. The van der Waals surface area contributed by atoms with Crippen molar-refractivity contribution in [1.82, 2.24) is 0 Å². The number of hydrogen-bond acceptors (Lipinski definition) is 0. The fraction of sp³-hybridized carbons (Fsp3) is 1.00. The number of rotatable bonds is 1. The Morgan fingerprint density at radius 1 is 0.579 bits per heavy atom. The third kappa shape index (κ3) is 5.99. The van der Waals surface area contributed by atoms with Crippen LogP contribution in [0.3, 0.4) is 0 Å². The molecule has 0 radical (unpaired) electrons. The van der Waals surface area contributed by atoms with Crippen LogP contribution in [0.15, 0.2) is 0 Å². The Morgan fingerprint density at radius 3 is 1.68 bits per heavy atom. The fourth-order valence-electron chi connectivity index (χ4n) is 3.98. The minimum absolute atomic E-state index is 0.207. The molecule has 2 rings (SSSR count). The molecular weight excluding hydrogens is 314 g/mol. The maximum atomic E-state index is 3.64. The second-order valence-corrected chi connectivity index (χ2v) is 11.6. The molecule has 0 aromatic carbocycles. The molecule has 2 fully saturated rings. The van der Waals surface area contributed by atoms with Crippen molar-refractivity contribution < 1.29 is 0 Å². The Kier molecular flexibility index (Phi) is 8.27. The molecule has 1 aliphatic carbocycles. The molecule has 1 aliphatic heterocycles. The molecule has 0 N–H and O–H groups in total. The summed E-state index contributed by atoms with van der Waals surface area (Å²) >= 11 is 3.64. The molecule has 2 aliphatic rings. The van der Waals surface area contributed by atoms with Crippen molar-refractivity contribution in [3.8, 4) is 0 Å². The van der Waals surface area contributed by atoms with E-state index in [1.165, 1.54) is 76.8 Å². The van der Waals surface area contributed by atoms with E-state index in [4.69, 9.17) is 0 Å². The van der Waals surface area contributed by atoms with Crippen molar-refractivity contribution in [3.63, 3.8) is 0 Å². The second-order valence-electron chi connectivity index (χ2n) is 6.72. The van der Waals surface area contributed by atoms with Crippen molar-refractivity contribution in [3.05, 3.63) is 0 Å². The zero-order valence-corrected chi connectivity index (χ0v) is 15.2. The maximum absolute atomic E-state index is 3.64. The summed E-state index contributed by atoms with van der Waals surface area (Å²) in [4.78, 5) is 0. The zero-order chi connectivity index (χ0) is 13.3. The van der Waals surface area contributed by atoms with Gasteiger partial charge in [-0.2, -0.15) is 0 Å². The van der Waals surface area contributed by atoms with E-state index < -0.39 is 0 Å². The van der Waals surface area contributed by atoms with E-state index in [9.17, 15) is 0 Å². The van der Waals surface area contributed by atoms with Crippen LogP contribution in [0.25, 0.3) is 0 Å². The molecule has 110 valence electrons. The standard InChI is InChI=1S/C17H32PSe/c19-18-15-11-7-3-6-10-14-17(18)16-12-8-4-1-2-5-9-13-16/h16-17H,1-15H2/q+1. The molecule has 0 bridgehead atoms. The van der Waals surface area contributed by atoms with Crippen LogP contribution in [0.2, 0.25) is 0 Å². The van der Waals surface area contributed by atoms with E-state index in [0.29, 0.717) is 0 Å². The van der Waals surface area contributed by atoms with Crippen molar-refractivity contribution >= 4 is 21.3 Å². The van der Waals surface area contributed by atoms with E-state index in [1.54, 1.807) is 19.3 Å². The quantitative estimate of drug-likeness (QED) is 0.402. The monoisotopic (exact) mass is 347 g/mol. The van der Waals surface area contributed by atoms with Gasteiger partial charge in [0, 0.05) is 0 Å². The summed E-state index contributed by atoms with van der Waals surface area (Å²) in [6.45, 7) is 0. The number of hydrogen-bond donors (Lipinski definition) is 0. The first-order chi connectivity index (χ1) is 9.38. The molecule has 0 amide bonds. The average Bonchev–Trinajstić information content (AvgIpc) is 2.60. The molecule has 1 saturated heterocycles. The molecule has 1 heterocycles. The predicted octanol–water partition coefficient (Wildman–Crippen LogP) is 6.03. The van der Waals surface area contributed by atoms with Crippen molar-refractivity contribution in [2.45, 2.75) is 95.6 Å². The zero-order valence-electron chi connectivity index (χ0n) is 12.6. The van der Waals surface area contributed by atoms with E-state index in [0.717, 1.165) is 11.6 Å². The topological polar surface area (TPSA) is 0 Å². The predicted molar refractivity (Wildman–Crippen MR) is 89.5 cm³/mol. The first-order valence-electron chi connectivity index (χ1n) is 8.82. The van der Waals surface area contributed by atoms with Crippen LogP contribution < -0.4 is 0 Å². The van der Waals surface area contributed by atoms with Gasteiger partial charge in [0.15, 0.2) is 0 Å². The molecule has 0 aromatic heterocycles. The Labute approximate surface area is 129 Å². The van der Waals surface area contributed by atoms with Crippen LogP contribution >= 0.6 is 6.17 Å². The third-order valence-corrected chi connectivity index (χ3v) is 10.2. The Balaban J connectivity index is 1.94. The van der Waals surface area contributed by atoms with Gasteiger partial charge in [-0.1, -0.05) is 0 Å². The van der Waals surface area contributed by atoms with Gasteiger partial charge in [0.05, 0.1) is 0 Å². The summed E-state index contributed by atoms with van der Waals surface area (Å²) in [6.07, 6.45) is 23.0. The Hall–Kier alpha value is 0.819. The van der Waals surface area contributed by atoms with Crippen molar-refractivity contribution in [1.29, 1.82) is 0 Å². The van der Waals surface area contributed by atoms with Gasteiger partial charge >= 0.3 is 129 Å². The fourth-order valence-corrected chi connectivity index (χ4v) is 8.65. The molecule has 19 heavy (non-hydrogen) atoms.